The normalized spacial score (nSPS) is 18.4. The molecular formula is C15H27NS. The zero-order valence-electron chi connectivity index (χ0n) is 11.5. The van der Waals surface area contributed by atoms with Gasteiger partial charge in [-0.2, -0.15) is 0 Å². The molecule has 0 spiro atoms. The summed E-state index contributed by atoms with van der Waals surface area (Å²) in [5.74, 6) is 0. The average Bonchev–Trinajstić information content (AvgIpc) is 2.73. The van der Waals surface area contributed by atoms with E-state index in [1.807, 2.05) is 0 Å². The van der Waals surface area contributed by atoms with Crippen LogP contribution in [0, 0.1) is 0 Å². The van der Waals surface area contributed by atoms with Crippen LogP contribution in [-0.4, -0.2) is 17.1 Å². The molecule has 1 heterocycles. The molecule has 0 bridgehead atoms. The lowest BCUT2D eigenvalue weighted by molar-refractivity contribution is 0.352. The monoisotopic (exact) mass is 253 g/mol. The highest BCUT2D eigenvalue weighted by Gasteiger charge is 2.36. The van der Waals surface area contributed by atoms with Gasteiger partial charge in [-0.25, -0.2) is 0 Å². The Bertz CT molecular complexity index is 256. The molecule has 1 rings (SSSR count). The largest absolute Gasteiger partial charge is 0.307 e. The highest BCUT2D eigenvalue weighted by molar-refractivity contribution is 7.78. The summed E-state index contributed by atoms with van der Waals surface area (Å²) in [4.78, 5) is 0. The van der Waals surface area contributed by atoms with E-state index < -0.39 is 0 Å². The van der Waals surface area contributed by atoms with Crippen LogP contribution in [0.2, 0.25) is 0 Å². The first-order chi connectivity index (χ1) is 8.29. The van der Waals surface area contributed by atoms with Crippen LogP contribution in [0.4, 0.5) is 0 Å². The Morgan fingerprint density at radius 2 is 1.71 bits per heavy atom. The van der Waals surface area contributed by atoms with Crippen LogP contribution >= 0.6 is 12.2 Å². The van der Waals surface area contributed by atoms with Gasteiger partial charge in [0.05, 0.1) is 0 Å². The van der Waals surface area contributed by atoms with Crippen molar-refractivity contribution in [2.45, 2.75) is 77.2 Å². The second kappa shape index (κ2) is 8.02. The molecular weight excluding hydrogens is 226 g/mol. The second-order valence-corrected chi connectivity index (χ2v) is 5.46. The number of rotatable bonds is 8. The first-order valence-corrected chi connectivity index (χ1v) is 7.69. The van der Waals surface area contributed by atoms with Crippen molar-refractivity contribution in [2.75, 3.05) is 6.54 Å². The van der Waals surface area contributed by atoms with Gasteiger partial charge in [0.2, 0.25) is 0 Å². The number of nitrogens with one attached hydrogen (secondary N) is 1. The van der Waals surface area contributed by atoms with E-state index in [1.54, 1.807) is 0 Å². The number of hydrogen-bond donors (Lipinski definition) is 1. The van der Waals surface area contributed by atoms with E-state index in [2.05, 4.69) is 24.2 Å². The first-order valence-electron chi connectivity index (χ1n) is 7.28. The van der Waals surface area contributed by atoms with Gasteiger partial charge in [-0.15, -0.1) is 0 Å². The van der Waals surface area contributed by atoms with Crippen molar-refractivity contribution in [2.24, 2.45) is 0 Å². The number of unbranched alkanes of at least 4 members (excludes halogenated alkanes) is 4. The Labute approximate surface area is 112 Å². The Morgan fingerprint density at radius 1 is 1.12 bits per heavy atom. The van der Waals surface area contributed by atoms with Crippen molar-refractivity contribution in [3.05, 3.63) is 5.57 Å². The second-order valence-electron chi connectivity index (χ2n) is 5.25. The van der Waals surface area contributed by atoms with Gasteiger partial charge < -0.3 is 5.32 Å². The molecule has 2 heteroatoms. The summed E-state index contributed by atoms with van der Waals surface area (Å²) < 4.78 is 0. The molecule has 1 nitrogen and oxygen atoms in total. The van der Waals surface area contributed by atoms with Gasteiger partial charge in [-0.05, 0) is 36.5 Å². The molecule has 0 aliphatic carbocycles. The third-order valence-electron chi connectivity index (χ3n) is 3.95. The van der Waals surface area contributed by atoms with E-state index in [0.29, 0.717) is 0 Å². The summed E-state index contributed by atoms with van der Waals surface area (Å²) in [5, 5.41) is 6.77. The summed E-state index contributed by atoms with van der Waals surface area (Å²) in [7, 11) is 0. The minimum absolute atomic E-state index is 0.214. The van der Waals surface area contributed by atoms with Crippen LogP contribution in [0.15, 0.2) is 5.57 Å². The van der Waals surface area contributed by atoms with Gasteiger partial charge in [0, 0.05) is 17.7 Å². The molecule has 98 valence electrons. The molecule has 1 saturated heterocycles. The molecule has 0 aromatic heterocycles. The van der Waals surface area contributed by atoms with Crippen LogP contribution in [0.3, 0.4) is 0 Å². The maximum Gasteiger partial charge on any atom is 0.0478 e. The van der Waals surface area contributed by atoms with Gasteiger partial charge in [0.25, 0.3) is 0 Å². The predicted molar refractivity (Wildman–Crippen MR) is 79.7 cm³/mol. The molecule has 0 aromatic rings. The standard InChI is InChI=1S/C15H27NS/c1-3-5-7-10-15(11-8-6-4-2)14(13-17)9-12-16-15/h16H,3-12H2,1-2H3. The first kappa shape index (κ1) is 14.9. The fourth-order valence-corrected chi connectivity index (χ4v) is 3.18. The number of hydrogen-bond acceptors (Lipinski definition) is 2. The van der Waals surface area contributed by atoms with Crippen molar-refractivity contribution < 1.29 is 0 Å². The van der Waals surface area contributed by atoms with E-state index in [-0.39, 0.29) is 5.54 Å². The van der Waals surface area contributed by atoms with Gasteiger partial charge in [-0.3, -0.25) is 0 Å². The Kier molecular flexibility index (Phi) is 7.03. The smallest absolute Gasteiger partial charge is 0.0478 e. The van der Waals surface area contributed by atoms with Crippen LogP contribution in [0.5, 0.6) is 0 Å². The van der Waals surface area contributed by atoms with Gasteiger partial charge in [0.15, 0.2) is 0 Å². The summed E-state index contributed by atoms with van der Waals surface area (Å²) in [6.07, 6.45) is 11.5. The molecule has 0 radical (unpaired) electrons. The highest BCUT2D eigenvalue weighted by atomic mass is 32.1. The molecule has 0 saturated carbocycles. The maximum absolute atomic E-state index is 5.09. The van der Waals surface area contributed by atoms with Crippen LogP contribution < -0.4 is 5.32 Å². The maximum atomic E-state index is 5.09. The minimum atomic E-state index is 0.214. The molecule has 0 unspecified atom stereocenters. The van der Waals surface area contributed by atoms with E-state index in [1.165, 1.54) is 56.9 Å². The topological polar surface area (TPSA) is 12.0 Å². The van der Waals surface area contributed by atoms with E-state index >= 15 is 0 Å². The van der Waals surface area contributed by atoms with Crippen LogP contribution in [0.1, 0.15) is 71.6 Å². The molecule has 0 aromatic carbocycles. The highest BCUT2D eigenvalue weighted by Crippen LogP contribution is 2.34. The fraction of sp³-hybridized carbons (Fsp3) is 0.867. The van der Waals surface area contributed by atoms with E-state index in [4.69, 9.17) is 12.2 Å². The third-order valence-corrected chi connectivity index (χ3v) is 4.20. The summed E-state index contributed by atoms with van der Waals surface area (Å²) in [5.41, 5.74) is 1.59. The molecule has 0 amide bonds. The summed E-state index contributed by atoms with van der Waals surface area (Å²) >= 11 is 5.09. The minimum Gasteiger partial charge on any atom is -0.307 e. The molecule has 1 aliphatic rings. The average molecular weight is 253 g/mol. The Balaban J connectivity index is 2.59. The van der Waals surface area contributed by atoms with Crippen LogP contribution in [0.25, 0.3) is 0 Å². The summed E-state index contributed by atoms with van der Waals surface area (Å²) in [6, 6.07) is 0. The fourth-order valence-electron chi connectivity index (χ4n) is 2.88. The summed E-state index contributed by atoms with van der Waals surface area (Å²) in [6.45, 7) is 5.63. The Hall–Kier alpha value is -0.170. The molecule has 1 N–H and O–H groups in total. The molecule has 1 fully saturated rings. The lowest BCUT2D eigenvalue weighted by Crippen LogP contribution is -2.41. The zero-order valence-corrected chi connectivity index (χ0v) is 12.3. The van der Waals surface area contributed by atoms with Gasteiger partial charge >= 0.3 is 0 Å². The lowest BCUT2D eigenvalue weighted by atomic mass is 9.82. The quantitative estimate of drug-likeness (QED) is 0.508. The Morgan fingerprint density at radius 3 is 2.18 bits per heavy atom. The van der Waals surface area contributed by atoms with E-state index in [0.717, 1.165) is 13.0 Å². The SMILES string of the molecule is CCCCCC1(CCCCC)NCCC1=C=S. The van der Waals surface area contributed by atoms with E-state index in [9.17, 15) is 0 Å². The van der Waals surface area contributed by atoms with Crippen molar-refractivity contribution in [1.82, 2.24) is 5.32 Å². The number of thiocarbonyl (C=S) groups is 1. The molecule has 1 aliphatic heterocycles. The van der Waals surface area contributed by atoms with Crippen molar-refractivity contribution >= 4 is 17.2 Å². The van der Waals surface area contributed by atoms with Crippen molar-refractivity contribution in [1.29, 1.82) is 0 Å². The lowest BCUT2D eigenvalue weighted by Gasteiger charge is -2.30. The third kappa shape index (κ3) is 4.21. The van der Waals surface area contributed by atoms with Crippen LogP contribution in [-0.2, 0) is 0 Å². The van der Waals surface area contributed by atoms with Gasteiger partial charge in [-0.1, -0.05) is 52.4 Å². The predicted octanol–water partition coefficient (Wildman–Crippen LogP) is 4.40. The van der Waals surface area contributed by atoms with Crippen molar-refractivity contribution in [3.8, 4) is 0 Å². The van der Waals surface area contributed by atoms with Gasteiger partial charge in [0.1, 0.15) is 0 Å². The molecule has 0 atom stereocenters. The van der Waals surface area contributed by atoms with Crippen molar-refractivity contribution in [3.63, 3.8) is 0 Å². The molecule has 17 heavy (non-hydrogen) atoms. The zero-order chi connectivity index (χ0) is 12.6.